The monoisotopic (exact) mass is 265 g/mol. The van der Waals surface area contributed by atoms with Crippen LogP contribution >= 0.6 is 11.6 Å². The van der Waals surface area contributed by atoms with E-state index < -0.39 is 0 Å². The first-order valence-electron chi connectivity index (χ1n) is 6.45. The van der Waals surface area contributed by atoms with E-state index in [4.69, 9.17) is 16.3 Å². The van der Waals surface area contributed by atoms with Crippen molar-refractivity contribution in [3.63, 3.8) is 0 Å². The molecule has 1 aromatic carbocycles. The maximum absolute atomic E-state index is 9.22. The highest BCUT2D eigenvalue weighted by atomic mass is 35.5. The summed E-state index contributed by atoms with van der Waals surface area (Å²) in [5.74, 6) is 0.829. The number of nitrogens with zero attached hydrogens (tertiary/aromatic N) is 1. The summed E-state index contributed by atoms with van der Waals surface area (Å²) in [6.45, 7) is 4.80. The molecule has 0 aliphatic carbocycles. The Morgan fingerprint density at radius 1 is 1.22 bits per heavy atom. The average Bonchev–Trinajstić information content (AvgIpc) is 2.42. The highest BCUT2D eigenvalue weighted by molar-refractivity contribution is 6.30. The second kappa shape index (κ2) is 7.28. The van der Waals surface area contributed by atoms with Crippen molar-refractivity contribution in [2.45, 2.75) is 39.5 Å². The minimum Gasteiger partial charge on any atom is -0.494 e. The molecule has 0 N–H and O–H groups in total. The molecule has 0 saturated heterocycles. The van der Waals surface area contributed by atoms with Crippen LogP contribution in [-0.2, 0) is 0 Å². The molecule has 0 heterocycles. The van der Waals surface area contributed by atoms with Crippen molar-refractivity contribution in [2.75, 3.05) is 6.61 Å². The van der Waals surface area contributed by atoms with Gasteiger partial charge in [-0.15, -0.1) is 0 Å². The fraction of sp³-hybridized carbons (Fsp3) is 0.533. The van der Waals surface area contributed by atoms with E-state index in [1.165, 1.54) is 0 Å². The molecule has 2 nitrogen and oxygen atoms in total. The molecule has 0 fully saturated rings. The Balaban J connectivity index is 2.34. The highest BCUT2D eigenvalue weighted by Crippen LogP contribution is 2.31. The topological polar surface area (TPSA) is 33.0 Å². The zero-order chi connectivity index (χ0) is 13.4. The van der Waals surface area contributed by atoms with E-state index in [-0.39, 0.29) is 5.41 Å². The van der Waals surface area contributed by atoms with Gasteiger partial charge in [0.15, 0.2) is 0 Å². The Kier molecular flexibility index (Phi) is 6.01. The van der Waals surface area contributed by atoms with Gasteiger partial charge in [-0.05, 0) is 49.9 Å². The van der Waals surface area contributed by atoms with Crippen LogP contribution in [0.5, 0.6) is 5.75 Å². The van der Waals surface area contributed by atoms with Crippen LogP contribution in [0.2, 0.25) is 5.02 Å². The quantitative estimate of drug-likeness (QED) is 0.662. The standard InChI is InChI=1S/C15H20ClNO/c1-3-15(4-2,12-17)10-5-11-18-14-8-6-13(16)7-9-14/h6-9H,3-5,10-11H2,1-2H3. The summed E-state index contributed by atoms with van der Waals surface area (Å²) in [5.41, 5.74) is -0.177. The Labute approximate surface area is 115 Å². The number of hydrogen-bond donors (Lipinski definition) is 0. The molecule has 0 unspecified atom stereocenters. The van der Waals surface area contributed by atoms with E-state index in [1.54, 1.807) is 0 Å². The van der Waals surface area contributed by atoms with Gasteiger partial charge in [0.25, 0.3) is 0 Å². The third kappa shape index (κ3) is 4.23. The van der Waals surface area contributed by atoms with Crippen LogP contribution in [0.15, 0.2) is 24.3 Å². The molecule has 0 amide bonds. The molecule has 0 aromatic heterocycles. The fourth-order valence-electron chi connectivity index (χ4n) is 1.95. The summed E-state index contributed by atoms with van der Waals surface area (Å²) < 4.78 is 5.62. The summed E-state index contributed by atoms with van der Waals surface area (Å²) >= 11 is 5.80. The molecule has 0 spiro atoms. The second-order valence-corrected chi connectivity index (χ2v) is 4.94. The van der Waals surface area contributed by atoms with Gasteiger partial charge >= 0.3 is 0 Å². The van der Waals surface area contributed by atoms with Gasteiger partial charge in [0.1, 0.15) is 5.75 Å². The smallest absolute Gasteiger partial charge is 0.119 e. The van der Waals surface area contributed by atoms with Crippen LogP contribution in [0.1, 0.15) is 39.5 Å². The van der Waals surface area contributed by atoms with Crippen molar-refractivity contribution in [3.05, 3.63) is 29.3 Å². The van der Waals surface area contributed by atoms with Gasteiger partial charge in [-0.1, -0.05) is 25.4 Å². The third-order valence-corrected chi connectivity index (χ3v) is 3.72. The lowest BCUT2D eigenvalue weighted by Gasteiger charge is -2.22. The predicted molar refractivity (Wildman–Crippen MR) is 74.8 cm³/mol. The van der Waals surface area contributed by atoms with Gasteiger partial charge in [-0.2, -0.15) is 5.26 Å². The highest BCUT2D eigenvalue weighted by Gasteiger charge is 2.24. The van der Waals surface area contributed by atoms with Crippen LogP contribution in [0.3, 0.4) is 0 Å². The van der Waals surface area contributed by atoms with Gasteiger partial charge < -0.3 is 4.74 Å². The van der Waals surface area contributed by atoms with E-state index >= 15 is 0 Å². The number of benzene rings is 1. The lowest BCUT2D eigenvalue weighted by atomic mass is 9.80. The molecule has 98 valence electrons. The molecule has 0 radical (unpaired) electrons. The Morgan fingerprint density at radius 2 is 1.83 bits per heavy atom. The first-order valence-corrected chi connectivity index (χ1v) is 6.83. The molecular weight excluding hydrogens is 246 g/mol. The van der Waals surface area contributed by atoms with Gasteiger partial charge in [-0.3, -0.25) is 0 Å². The lowest BCUT2D eigenvalue weighted by molar-refractivity contribution is 0.259. The van der Waals surface area contributed by atoms with Gasteiger partial charge in [0, 0.05) is 5.02 Å². The Morgan fingerprint density at radius 3 is 2.33 bits per heavy atom. The fourth-order valence-corrected chi connectivity index (χ4v) is 2.07. The summed E-state index contributed by atoms with van der Waals surface area (Å²) in [7, 11) is 0. The maximum atomic E-state index is 9.22. The first kappa shape index (κ1) is 14.9. The maximum Gasteiger partial charge on any atom is 0.119 e. The average molecular weight is 266 g/mol. The van der Waals surface area contributed by atoms with Crippen molar-refractivity contribution in [1.82, 2.24) is 0 Å². The molecule has 0 saturated carbocycles. The van der Waals surface area contributed by atoms with Crippen molar-refractivity contribution < 1.29 is 4.74 Å². The molecule has 0 aliphatic rings. The molecular formula is C15H20ClNO. The van der Waals surface area contributed by atoms with Crippen LogP contribution in [0.25, 0.3) is 0 Å². The Bertz CT molecular complexity index is 390. The minimum atomic E-state index is -0.177. The molecule has 3 heteroatoms. The van der Waals surface area contributed by atoms with Crippen molar-refractivity contribution >= 4 is 11.6 Å². The van der Waals surface area contributed by atoms with Crippen LogP contribution < -0.4 is 4.74 Å². The van der Waals surface area contributed by atoms with Gasteiger partial charge in [0.2, 0.25) is 0 Å². The minimum absolute atomic E-state index is 0.177. The number of rotatable bonds is 7. The normalized spacial score (nSPS) is 11.0. The van der Waals surface area contributed by atoms with Crippen molar-refractivity contribution in [1.29, 1.82) is 5.26 Å². The van der Waals surface area contributed by atoms with E-state index in [1.807, 2.05) is 24.3 Å². The van der Waals surface area contributed by atoms with E-state index in [0.29, 0.717) is 11.6 Å². The van der Waals surface area contributed by atoms with E-state index in [2.05, 4.69) is 19.9 Å². The zero-order valence-electron chi connectivity index (χ0n) is 11.1. The first-order chi connectivity index (χ1) is 8.65. The number of hydrogen-bond acceptors (Lipinski definition) is 2. The number of ether oxygens (including phenoxy) is 1. The predicted octanol–water partition coefficient (Wildman–Crippen LogP) is 4.83. The van der Waals surface area contributed by atoms with Crippen LogP contribution in [0, 0.1) is 16.7 Å². The number of halogens is 1. The van der Waals surface area contributed by atoms with E-state index in [9.17, 15) is 5.26 Å². The van der Waals surface area contributed by atoms with Gasteiger partial charge in [-0.25, -0.2) is 0 Å². The third-order valence-electron chi connectivity index (χ3n) is 3.47. The second-order valence-electron chi connectivity index (χ2n) is 4.51. The van der Waals surface area contributed by atoms with Gasteiger partial charge in [0.05, 0.1) is 18.1 Å². The van der Waals surface area contributed by atoms with E-state index in [0.717, 1.165) is 31.4 Å². The summed E-state index contributed by atoms with van der Waals surface area (Å²) in [6.07, 6.45) is 3.60. The summed E-state index contributed by atoms with van der Waals surface area (Å²) in [4.78, 5) is 0. The zero-order valence-corrected chi connectivity index (χ0v) is 11.8. The molecule has 0 atom stereocenters. The lowest BCUT2D eigenvalue weighted by Crippen LogP contribution is -2.17. The molecule has 0 aliphatic heterocycles. The number of nitriles is 1. The molecule has 1 aromatic rings. The summed E-state index contributed by atoms with van der Waals surface area (Å²) in [5, 5.41) is 9.93. The Hall–Kier alpha value is -1.20. The largest absolute Gasteiger partial charge is 0.494 e. The van der Waals surface area contributed by atoms with Crippen LogP contribution in [-0.4, -0.2) is 6.61 Å². The molecule has 1 rings (SSSR count). The van der Waals surface area contributed by atoms with Crippen molar-refractivity contribution in [2.24, 2.45) is 5.41 Å². The SMILES string of the molecule is CCC(C#N)(CC)CCCOc1ccc(Cl)cc1. The van der Waals surface area contributed by atoms with Crippen LogP contribution in [0.4, 0.5) is 0 Å². The van der Waals surface area contributed by atoms with Crippen molar-refractivity contribution in [3.8, 4) is 11.8 Å². The molecule has 0 bridgehead atoms. The molecule has 18 heavy (non-hydrogen) atoms. The summed E-state index contributed by atoms with van der Waals surface area (Å²) in [6, 6.07) is 9.80.